The van der Waals surface area contributed by atoms with Crippen LogP contribution in [0.25, 0.3) is 0 Å². The quantitative estimate of drug-likeness (QED) is 0.511. The topological polar surface area (TPSA) is 94.2 Å². The fourth-order valence-electron chi connectivity index (χ4n) is 3.69. The van der Waals surface area contributed by atoms with E-state index in [2.05, 4.69) is 5.32 Å². The second kappa shape index (κ2) is 10.1. The van der Waals surface area contributed by atoms with E-state index in [1.165, 1.54) is 21.3 Å². The van der Waals surface area contributed by atoms with Gasteiger partial charge in [0.05, 0.1) is 39.5 Å². The van der Waals surface area contributed by atoms with Crippen molar-refractivity contribution in [2.75, 3.05) is 34.4 Å². The number of amides is 2. The molecule has 1 N–H and O–H groups in total. The number of hydrogen-bond donors (Lipinski definition) is 1. The van der Waals surface area contributed by atoms with E-state index in [0.29, 0.717) is 41.3 Å². The van der Waals surface area contributed by atoms with E-state index < -0.39 is 17.9 Å². The fourth-order valence-corrected chi connectivity index (χ4v) is 3.69. The van der Waals surface area contributed by atoms with E-state index in [0.717, 1.165) is 6.42 Å². The van der Waals surface area contributed by atoms with Crippen LogP contribution in [-0.2, 0) is 4.79 Å². The van der Waals surface area contributed by atoms with E-state index in [1.807, 2.05) is 0 Å². The molecular weight excluding hydrogens is 400 g/mol. The molecule has 2 amide bonds. The highest BCUT2D eigenvalue weighted by Gasteiger charge is 2.33. The van der Waals surface area contributed by atoms with Gasteiger partial charge in [-0.15, -0.1) is 0 Å². The van der Waals surface area contributed by atoms with Crippen molar-refractivity contribution in [3.8, 4) is 17.2 Å². The van der Waals surface area contributed by atoms with Gasteiger partial charge in [0.25, 0.3) is 5.91 Å². The van der Waals surface area contributed by atoms with Crippen molar-refractivity contribution < 1.29 is 28.6 Å². The number of Topliss-reactive ketones (excluding diaryl/α,β-unsaturated/α-hetero) is 1. The number of benzene rings is 2. The molecule has 0 aliphatic carbocycles. The maximum atomic E-state index is 13.0. The first kappa shape index (κ1) is 22.3. The molecule has 0 spiro atoms. The van der Waals surface area contributed by atoms with Crippen molar-refractivity contribution in [3.63, 3.8) is 0 Å². The lowest BCUT2D eigenvalue weighted by atomic mass is 10.1. The number of ketones is 1. The van der Waals surface area contributed by atoms with Crippen molar-refractivity contribution in [2.45, 2.75) is 18.9 Å². The first-order valence-corrected chi connectivity index (χ1v) is 9.96. The van der Waals surface area contributed by atoms with Crippen LogP contribution in [0.1, 0.15) is 33.6 Å². The van der Waals surface area contributed by atoms with E-state index in [9.17, 15) is 14.4 Å². The SMILES string of the molecule is COc1cc(OC)c(C(=O)CN2CCC[C@H]2C(=O)NC(=O)c2ccccc2)cc1OC. The lowest BCUT2D eigenvalue weighted by Gasteiger charge is -2.23. The van der Waals surface area contributed by atoms with Crippen LogP contribution >= 0.6 is 0 Å². The maximum Gasteiger partial charge on any atom is 0.257 e. The number of rotatable bonds is 8. The summed E-state index contributed by atoms with van der Waals surface area (Å²) in [5, 5.41) is 2.44. The van der Waals surface area contributed by atoms with Gasteiger partial charge in [-0.25, -0.2) is 0 Å². The summed E-state index contributed by atoms with van der Waals surface area (Å²) in [4.78, 5) is 39.9. The van der Waals surface area contributed by atoms with E-state index in [4.69, 9.17) is 14.2 Å². The highest BCUT2D eigenvalue weighted by atomic mass is 16.5. The Morgan fingerprint density at radius 3 is 2.26 bits per heavy atom. The number of imide groups is 1. The van der Waals surface area contributed by atoms with Crippen LogP contribution in [0.3, 0.4) is 0 Å². The summed E-state index contributed by atoms with van der Waals surface area (Å²) in [7, 11) is 4.46. The second-order valence-corrected chi connectivity index (χ2v) is 7.14. The Bertz CT molecular complexity index is 960. The molecule has 2 aromatic rings. The summed E-state index contributed by atoms with van der Waals surface area (Å²) in [5.74, 6) is 0.155. The molecule has 3 rings (SSSR count). The van der Waals surface area contributed by atoms with Crippen molar-refractivity contribution in [1.82, 2.24) is 10.2 Å². The van der Waals surface area contributed by atoms with Gasteiger partial charge < -0.3 is 14.2 Å². The van der Waals surface area contributed by atoms with Crippen molar-refractivity contribution in [1.29, 1.82) is 0 Å². The van der Waals surface area contributed by atoms with Gasteiger partial charge in [0.2, 0.25) is 5.91 Å². The number of nitrogens with one attached hydrogen (secondary N) is 1. The van der Waals surface area contributed by atoms with Crippen LogP contribution in [0.5, 0.6) is 17.2 Å². The molecule has 0 radical (unpaired) electrons. The van der Waals surface area contributed by atoms with Gasteiger partial charge in [0, 0.05) is 11.6 Å². The Balaban J connectivity index is 1.72. The molecular formula is C23H26N2O6. The summed E-state index contributed by atoms with van der Waals surface area (Å²) in [6, 6.07) is 11.2. The molecule has 8 heteroatoms. The number of ether oxygens (including phenoxy) is 3. The lowest BCUT2D eigenvalue weighted by Crippen LogP contribution is -2.46. The molecule has 1 fully saturated rings. The average Bonchev–Trinajstić information content (AvgIpc) is 3.26. The molecule has 164 valence electrons. The van der Waals surface area contributed by atoms with Gasteiger partial charge in [0.1, 0.15) is 5.75 Å². The number of carbonyl (C=O) groups is 3. The molecule has 0 bridgehead atoms. The zero-order chi connectivity index (χ0) is 22.4. The molecule has 31 heavy (non-hydrogen) atoms. The lowest BCUT2D eigenvalue weighted by molar-refractivity contribution is -0.124. The summed E-state index contributed by atoms with van der Waals surface area (Å²) in [5.41, 5.74) is 0.748. The van der Waals surface area contributed by atoms with Crippen LogP contribution in [0.15, 0.2) is 42.5 Å². The average molecular weight is 426 g/mol. The van der Waals surface area contributed by atoms with Gasteiger partial charge in [-0.3, -0.25) is 24.6 Å². The number of methoxy groups -OCH3 is 3. The van der Waals surface area contributed by atoms with Gasteiger partial charge in [-0.1, -0.05) is 18.2 Å². The highest BCUT2D eigenvalue weighted by Crippen LogP contribution is 2.35. The molecule has 2 aromatic carbocycles. The molecule has 1 aliphatic heterocycles. The molecule has 1 atom stereocenters. The summed E-state index contributed by atoms with van der Waals surface area (Å²) >= 11 is 0. The third-order valence-electron chi connectivity index (χ3n) is 5.29. The summed E-state index contributed by atoms with van der Waals surface area (Å²) in [6.07, 6.45) is 1.33. The molecule has 0 saturated carbocycles. The van der Waals surface area contributed by atoms with Gasteiger partial charge >= 0.3 is 0 Å². The van der Waals surface area contributed by atoms with Crippen molar-refractivity contribution in [2.24, 2.45) is 0 Å². The Kier molecular flexibility index (Phi) is 7.25. The van der Waals surface area contributed by atoms with E-state index in [1.54, 1.807) is 47.4 Å². The zero-order valence-electron chi connectivity index (χ0n) is 17.8. The third-order valence-corrected chi connectivity index (χ3v) is 5.29. The molecule has 8 nitrogen and oxygen atoms in total. The van der Waals surface area contributed by atoms with Crippen LogP contribution in [0.4, 0.5) is 0 Å². The molecule has 0 unspecified atom stereocenters. The summed E-state index contributed by atoms with van der Waals surface area (Å²) in [6.45, 7) is 0.600. The largest absolute Gasteiger partial charge is 0.496 e. The number of likely N-dealkylation sites (tertiary alicyclic amines) is 1. The predicted molar refractivity (Wildman–Crippen MR) is 114 cm³/mol. The normalized spacial score (nSPS) is 15.9. The predicted octanol–water partition coefficient (Wildman–Crippen LogP) is 2.32. The zero-order valence-corrected chi connectivity index (χ0v) is 17.8. The van der Waals surface area contributed by atoms with Crippen LogP contribution in [-0.4, -0.2) is 63.0 Å². The van der Waals surface area contributed by atoms with Crippen LogP contribution in [0.2, 0.25) is 0 Å². The minimum atomic E-state index is -0.553. The Hall–Kier alpha value is -3.39. The third kappa shape index (κ3) is 5.03. The first-order chi connectivity index (χ1) is 15.0. The van der Waals surface area contributed by atoms with E-state index >= 15 is 0 Å². The monoisotopic (exact) mass is 426 g/mol. The van der Waals surface area contributed by atoms with Crippen molar-refractivity contribution >= 4 is 17.6 Å². The fraction of sp³-hybridized carbons (Fsp3) is 0.348. The Morgan fingerprint density at radius 2 is 1.61 bits per heavy atom. The molecule has 1 heterocycles. The molecule has 1 aliphatic rings. The number of hydrogen-bond acceptors (Lipinski definition) is 7. The maximum absolute atomic E-state index is 13.0. The Labute approximate surface area is 181 Å². The number of carbonyl (C=O) groups excluding carboxylic acids is 3. The smallest absolute Gasteiger partial charge is 0.257 e. The Morgan fingerprint density at radius 1 is 0.968 bits per heavy atom. The van der Waals surface area contributed by atoms with Gasteiger partial charge in [-0.2, -0.15) is 0 Å². The second-order valence-electron chi connectivity index (χ2n) is 7.14. The standard InChI is InChI=1S/C23H26N2O6/c1-29-19-13-21(31-3)20(30-2)12-16(19)18(26)14-25-11-7-10-17(25)23(28)24-22(27)15-8-5-4-6-9-15/h4-6,8-9,12-13,17H,7,10-11,14H2,1-3H3,(H,24,27,28)/t17-/m0/s1. The molecule has 0 aromatic heterocycles. The van der Waals surface area contributed by atoms with Crippen molar-refractivity contribution in [3.05, 3.63) is 53.6 Å². The van der Waals surface area contributed by atoms with Crippen LogP contribution < -0.4 is 19.5 Å². The minimum Gasteiger partial charge on any atom is -0.496 e. The highest BCUT2D eigenvalue weighted by molar-refractivity contribution is 6.06. The van der Waals surface area contributed by atoms with Gasteiger partial charge in [0.15, 0.2) is 17.3 Å². The molecule has 1 saturated heterocycles. The van der Waals surface area contributed by atoms with Gasteiger partial charge in [-0.05, 0) is 37.6 Å². The first-order valence-electron chi connectivity index (χ1n) is 9.96. The van der Waals surface area contributed by atoms with Crippen LogP contribution in [0, 0.1) is 0 Å². The van der Waals surface area contributed by atoms with E-state index in [-0.39, 0.29) is 12.3 Å². The number of nitrogens with zero attached hydrogens (tertiary/aromatic N) is 1. The minimum absolute atomic E-state index is 0.0173. The summed E-state index contributed by atoms with van der Waals surface area (Å²) < 4.78 is 15.9.